The fraction of sp³-hybridized carbons (Fsp3) is 0.316. The van der Waals surface area contributed by atoms with Gasteiger partial charge in [-0.25, -0.2) is 4.98 Å². The Morgan fingerprint density at radius 1 is 1.16 bits per heavy atom. The van der Waals surface area contributed by atoms with Gasteiger partial charge in [-0.05, 0) is 48.6 Å². The number of hydrogen-bond acceptors (Lipinski definition) is 6. The lowest BCUT2D eigenvalue weighted by atomic mass is 10.0. The van der Waals surface area contributed by atoms with Crippen LogP contribution in [-0.2, 0) is 27.6 Å². The number of aromatic nitrogens is 1. The van der Waals surface area contributed by atoms with Gasteiger partial charge in [0.25, 0.3) is 0 Å². The molecule has 0 bridgehead atoms. The van der Waals surface area contributed by atoms with Gasteiger partial charge < -0.3 is 8.99 Å². The quantitative estimate of drug-likeness (QED) is 0.689. The number of rotatable bonds is 3. The Balaban J connectivity index is 1.56. The van der Waals surface area contributed by atoms with E-state index < -0.39 is 10.6 Å². The van der Waals surface area contributed by atoms with Gasteiger partial charge in [0.2, 0.25) is 0 Å². The first-order chi connectivity index (χ1) is 12.1. The number of fused-ring (bicyclic) bond motifs is 2. The SMILES string of the molecule is C[C@H](c1ccc2scnc2c1)N1CCc2ccc([S-](=N)=O)cc2CC1. The van der Waals surface area contributed by atoms with E-state index in [2.05, 4.69) is 35.0 Å². The average molecular weight is 371 g/mol. The van der Waals surface area contributed by atoms with Crippen molar-refractivity contribution in [3.8, 4) is 0 Å². The molecule has 2 aromatic carbocycles. The summed E-state index contributed by atoms with van der Waals surface area (Å²) in [5.41, 5.74) is 6.84. The van der Waals surface area contributed by atoms with E-state index in [0.717, 1.165) is 31.4 Å². The molecule has 0 aliphatic carbocycles. The van der Waals surface area contributed by atoms with Gasteiger partial charge in [-0.3, -0.25) is 4.90 Å². The third-order valence-corrected chi connectivity index (χ3v) is 6.61. The molecule has 4 rings (SSSR count). The zero-order valence-electron chi connectivity index (χ0n) is 14.1. The molecular formula is C19H20N3OS2-. The van der Waals surface area contributed by atoms with Crippen LogP contribution in [0.5, 0.6) is 0 Å². The molecule has 25 heavy (non-hydrogen) atoms. The van der Waals surface area contributed by atoms with Crippen molar-refractivity contribution in [2.24, 2.45) is 0 Å². The van der Waals surface area contributed by atoms with E-state index in [1.165, 1.54) is 21.4 Å². The van der Waals surface area contributed by atoms with Crippen LogP contribution < -0.4 is 0 Å². The first kappa shape index (κ1) is 16.7. The molecule has 1 N–H and O–H groups in total. The molecule has 3 aromatic rings. The molecule has 2 heterocycles. The Morgan fingerprint density at radius 3 is 2.76 bits per heavy atom. The summed E-state index contributed by atoms with van der Waals surface area (Å²) in [5.74, 6) is 0. The highest BCUT2D eigenvalue weighted by molar-refractivity contribution is 7.73. The molecule has 0 saturated carbocycles. The van der Waals surface area contributed by atoms with Crippen molar-refractivity contribution in [2.45, 2.75) is 30.7 Å². The Labute approximate surface area is 153 Å². The maximum atomic E-state index is 11.4. The zero-order chi connectivity index (χ0) is 17.4. The molecule has 130 valence electrons. The van der Waals surface area contributed by atoms with E-state index in [1.54, 1.807) is 11.3 Å². The zero-order valence-corrected chi connectivity index (χ0v) is 15.7. The van der Waals surface area contributed by atoms with E-state index in [1.807, 2.05) is 23.7 Å². The molecule has 1 atom stereocenters. The first-order valence-electron chi connectivity index (χ1n) is 8.44. The molecular weight excluding hydrogens is 350 g/mol. The summed E-state index contributed by atoms with van der Waals surface area (Å²) in [7, 11) is -1.66. The van der Waals surface area contributed by atoms with Crippen LogP contribution in [0.1, 0.15) is 29.7 Å². The van der Waals surface area contributed by atoms with Crippen LogP contribution in [0.2, 0.25) is 0 Å². The number of hydrogen-bond donors (Lipinski definition) is 1. The standard InChI is InChI=1S/C19H20N3OS2/c1-13(15-3-5-19-18(11-15)21-12-24-19)22-8-6-14-2-4-17(25(20)23)10-16(14)7-9-22/h2-5,10-13,20H,6-9H2,1H3/q-1/t13-/m1/s1. The van der Waals surface area contributed by atoms with E-state index >= 15 is 0 Å². The number of nitrogens with zero attached hydrogens (tertiary/aromatic N) is 2. The maximum Gasteiger partial charge on any atom is 0.0815 e. The van der Waals surface area contributed by atoms with E-state index in [4.69, 9.17) is 4.78 Å². The lowest BCUT2D eigenvalue weighted by molar-refractivity contribution is 0.221. The molecule has 0 radical (unpaired) electrons. The summed E-state index contributed by atoms with van der Waals surface area (Å²) in [5, 5.41) is 0. The predicted molar refractivity (Wildman–Crippen MR) is 102 cm³/mol. The molecule has 0 spiro atoms. The average Bonchev–Trinajstić information content (AvgIpc) is 2.99. The Hall–Kier alpha value is -1.76. The molecule has 1 aromatic heterocycles. The monoisotopic (exact) mass is 370 g/mol. The lowest BCUT2D eigenvalue weighted by Gasteiger charge is -2.28. The van der Waals surface area contributed by atoms with Crippen LogP contribution in [0.4, 0.5) is 0 Å². The van der Waals surface area contributed by atoms with Crippen molar-refractivity contribution in [2.75, 3.05) is 13.1 Å². The summed E-state index contributed by atoms with van der Waals surface area (Å²) in [6.07, 6.45) is 1.92. The number of benzene rings is 2. The van der Waals surface area contributed by atoms with Crippen LogP contribution in [0.25, 0.3) is 10.2 Å². The van der Waals surface area contributed by atoms with Crippen LogP contribution in [-0.4, -0.2) is 23.0 Å². The number of thiazole rings is 1. The third kappa shape index (κ3) is 3.34. The van der Waals surface area contributed by atoms with Crippen LogP contribution in [0, 0.1) is 4.78 Å². The highest BCUT2D eigenvalue weighted by Gasteiger charge is 2.20. The highest BCUT2D eigenvalue weighted by Crippen LogP contribution is 2.28. The minimum atomic E-state index is -1.66. The molecule has 0 saturated heterocycles. The number of nitrogens with one attached hydrogen (secondary N) is 1. The summed E-state index contributed by atoms with van der Waals surface area (Å²) in [6, 6.07) is 12.8. The summed E-state index contributed by atoms with van der Waals surface area (Å²) in [4.78, 5) is 7.55. The van der Waals surface area contributed by atoms with Gasteiger partial charge in [-0.15, -0.1) is 11.3 Å². The van der Waals surface area contributed by atoms with E-state index in [9.17, 15) is 4.21 Å². The molecule has 1 aliphatic rings. The fourth-order valence-electron chi connectivity index (χ4n) is 3.57. The molecule has 6 heteroatoms. The summed E-state index contributed by atoms with van der Waals surface area (Å²) in [6.45, 7) is 4.23. The van der Waals surface area contributed by atoms with Crippen molar-refractivity contribution in [3.05, 3.63) is 58.6 Å². The van der Waals surface area contributed by atoms with Gasteiger partial charge in [0.05, 0.1) is 15.7 Å². The Kier molecular flexibility index (Phi) is 4.58. The molecule has 4 nitrogen and oxygen atoms in total. The van der Waals surface area contributed by atoms with Gasteiger partial charge in [0.15, 0.2) is 0 Å². The van der Waals surface area contributed by atoms with Crippen molar-refractivity contribution < 1.29 is 4.21 Å². The molecule has 1 aliphatic heterocycles. The van der Waals surface area contributed by atoms with Crippen LogP contribution in [0.15, 0.2) is 46.8 Å². The summed E-state index contributed by atoms with van der Waals surface area (Å²) < 4.78 is 20.1. The van der Waals surface area contributed by atoms with Crippen molar-refractivity contribution in [1.82, 2.24) is 9.88 Å². The highest BCUT2D eigenvalue weighted by atomic mass is 32.2. The van der Waals surface area contributed by atoms with Gasteiger partial charge in [0, 0.05) is 19.1 Å². The first-order valence-corrected chi connectivity index (χ1v) is 10.5. The minimum Gasteiger partial charge on any atom is -0.440 e. The van der Waals surface area contributed by atoms with Crippen molar-refractivity contribution in [3.63, 3.8) is 0 Å². The third-order valence-electron chi connectivity index (χ3n) is 5.11. The minimum absolute atomic E-state index is 0.338. The Morgan fingerprint density at radius 2 is 1.96 bits per heavy atom. The van der Waals surface area contributed by atoms with Crippen LogP contribution >= 0.6 is 11.3 Å². The van der Waals surface area contributed by atoms with E-state index in [-0.39, 0.29) is 0 Å². The fourth-order valence-corrected chi connectivity index (χ4v) is 4.67. The second-order valence-corrected chi connectivity index (χ2v) is 8.39. The Bertz CT molecular complexity index is 985. The maximum absolute atomic E-state index is 11.4. The lowest BCUT2D eigenvalue weighted by Crippen LogP contribution is -2.29. The van der Waals surface area contributed by atoms with Gasteiger partial charge in [-0.1, -0.05) is 29.2 Å². The van der Waals surface area contributed by atoms with Crippen LogP contribution in [0.3, 0.4) is 0 Å². The topological polar surface area (TPSA) is 57.1 Å². The van der Waals surface area contributed by atoms with Gasteiger partial charge in [0.1, 0.15) is 0 Å². The second-order valence-electron chi connectivity index (χ2n) is 6.49. The second kappa shape index (κ2) is 6.86. The smallest absolute Gasteiger partial charge is 0.0815 e. The molecule has 0 amide bonds. The van der Waals surface area contributed by atoms with Crippen molar-refractivity contribution >= 4 is 32.1 Å². The van der Waals surface area contributed by atoms with Crippen molar-refractivity contribution in [1.29, 1.82) is 4.78 Å². The largest absolute Gasteiger partial charge is 0.440 e. The van der Waals surface area contributed by atoms with Gasteiger partial charge in [-0.2, -0.15) is 10.6 Å². The van der Waals surface area contributed by atoms with E-state index in [0.29, 0.717) is 10.9 Å². The predicted octanol–water partition coefficient (Wildman–Crippen LogP) is 4.54. The summed E-state index contributed by atoms with van der Waals surface area (Å²) >= 11 is 1.68. The molecule has 0 fully saturated rings. The van der Waals surface area contributed by atoms with Gasteiger partial charge >= 0.3 is 0 Å². The normalized spacial score (nSPS) is 16.7. The molecule has 0 unspecified atom stereocenters.